The van der Waals surface area contributed by atoms with Crippen molar-refractivity contribution in [2.24, 2.45) is 0 Å². The molecule has 2 fully saturated rings. The smallest absolute Gasteiger partial charge is 0.0965 e. The summed E-state index contributed by atoms with van der Waals surface area (Å²) >= 11 is 0. The minimum atomic E-state index is 0.321. The van der Waals surface area contributed by atoms with E-state index in [-0.39, 0.29) is 0 Å². The zero-order chi connectivity index (χ0) is 9.80. The van der Waals surface area contributed by atoms with Crippen LogP contribution in [0.25, 0.3) is 0 Å². The molecule has 0 amide bonds. The molecule has 2 nitrogen and oxygen atoms in total. The van der Waals surface area contributed by atoms with E-state index in [1.165, 1.54) is 57.3 Å². The Kier molecular flexibility index (Phi) is 3.46. The normalized spacial score (nSPS) is 28.9. The summed E-state index contributed by atoms with van der Waals surface area (Å²) < 4.78 is 5.75. The molecule has 2 heterocycles. The fraction of sp³-hybridized carbons (Fsp3) is 0.833. The van der Waals surface area contributed by atoms with E-state index in [1.54, 1.807) is 0 Å². The minimum Gasteiger partial charge on any atom is -0.373 e. The summed E-state index contributed by atoms with van der Waals surface area (Å²) in [6, 6.07) is 0. The quantitative estimate of drug-likeness (QED) is 0.671. The van der Waals surface area contributed by atoms with Gasteiger partial charge in [-0.2, -0.15) is 0 Å². The van der Waals surface area contributed by atoms with Crippen LogP contribution in [0.3, 0.4) is 0 Å². The molecule has 0 aromatic heterocycles. The van der Waals surface area contributed by atoms with Gasteiger partial charge in [0.2, 0.25) is 0 Å². The Bertz CT molecular complexity index is 170. The largest absolute Gasteiger partial charge is 0.373 e. The van der Waals surface area contributed by atoms with E-state index >= 15 is 0 Å². The first-order valence-corrected chi connectivity index (χ1v) is 5.93. The molecule has 0 aromatic rings. The van der Waals surface area contributed by atoms with E-state index in [0.717, 1.165) is 6.61 Å². The zero-order valence-corrected chi connectivity index (χ0v) is 9.00. The number of hydrogen-bond donors (Lipinski definition) is 0. The zero-order valence-electron chi connectivity index (χ0n) is 9.00. The molecule has 0 N–H and O–H groups in total. The monoisotopic (exact) mass is 195 g/mol. The molecule has 0 unspecified atom stereocenters. The lowest BCUT2D eigenvalue weighted by atomic mass is 10.0. The fourth-order valence-corrected chi connectivity index (χ4v) is 2.39. The van der Waals surface area contributed by atoms with Crippen molar-refractivity contribution in [2.45, 2.75) is 44.6 Å². The summed E-state index contributed by atoms with van der Waals surface area (Å²) in [5.74, 6) is 0. The van der Waals surface area contributed by atoms with E-state index in [1.807, 2.05) is 0 Å². The molecule has 0 spiro atoms. The molecule has 0 aliphatic carbocycles. The lowest BCUT2D eigenvalue weighted by Gasteiger charge is -2.35. The molecule has 14 heavy (non-hydrogen) atoms. The molecule has 2 aliphatic rings. The van der Waals surface area contributed by atoms with Crippen molar-refractivity contribution < 1.29 is 4.74 Å². The molecular weight excluding hydrogens is 174 g/mol. The summed E-state index contributed by atoms with van der Waals surface area (Å²) in [5.41, 5.74) is 1.24. The number of ether oxygens (including phenoxy) is 1. The molecule has 0 radical (unpaired) electrons. The third-order valence-electron chi connectivity index (χ3n) is 3.31. The number of piperidine rings is 1. The lowest BCUT2D eigenvalue weighted by molar-refractivity contribution is 0.0198. The summed E-state index contributed by atoms with van der Waals surface area (Å²) in [5, 5.41) is 0. The second-order valence-electron chi connectivity index (χ2n) is 4.39. The Morgan fingerprint density at radius 1 is 1.07 bits per heavy atom. The van der Waals surface area contributed by atoms with Gasteiger partial charge in [0, 0.05) is 25.4 Å². The highest BCUT2D eigenvalue weighted by Gasteiger charge is 2.22. The Hall–Kier alpha value is -0.500. The molecule has 0 saturated carbocycles. The molecule has 2 heteroatoms. The van der Waals surface area contributed by atoms with Gasteiger partial charge in [0.1, 0.15) is 0 Å². The Morgan fingerprint density at radius 3 is 2.50 bits per heavy atom. The van der Waals surface area contributed by atoms with Gasteiger partial charge < -0.3 is 9.64 Å². The molecule has 2 saturated heterocycles. The minimum absolute atomic E-state index is 0.321. The lowest BCUT2D eigenvalue weighted by Crippen LogP contribution is -2.36. The van der Waals surface area contributed by atoms with Crippen LogP contribution in [0.2, 0.25) is 0 Å². The maximum absolute atomic E-state index is 5.75. The van der Waals surface area contributed by atoms with Gasteiger partial charge in [-0.15, -0.1) is 0 Å². The van der Waals surface area contributed by atoms with E-state index in [0.29, 0.717) is 6.10 Å². The third kappa shape index (κ3) is 2.30. The highest BCUT2D eigenvalue weighted by Crippen LogP contribution is 2.23. The van der Waals surface area contributed by atoms with Crippen molar-refractivity contribution in [2.75, 3.05) is 19.7 Å². The van der Waals surface area contributed by atoms with Crippen LogP contribution in [-0.2, 0) is 4.74 Å². The second kappa shape index (κ2) is 4.83. The first kappa shape index (κ1) is 10.0. The van der Waals surface area contributed by atoms with E-state index < -0.39 is 0 Å². The summed E-state index contributed by atoms with van der Waals surface area (Å²) in [4.78, 5) is 2.43. The predicted molar refractivity (Wildman–Crippen MR) is 58.2 cm³/mol. The van der Waals surface area contributed by atoms with Gasteiger partial charge >= 0.3 is 0 Å². The van der Waals surface area contributed by atoms with Crippen LogP contribution in [0.4, 0.5) is 0 Å². The van der Waals surface area contributed by atoms with E-state index in [2.05, 4.69) is 11.5 Å². The first-order valence-electron chi connectivity index (χ1n) is 5.93. The number of likely N-dealkylation sites (tertiary alicyclic amines) is 1. The van der Waals surface area contributed by atoms with Crippen molar-refractivity contribution in [3.05, 3.63) is 12.3 Å². The highest BCUT2D eigenvalue weighted by atomic mass is 16.5. The maximum atomic E-state index is 5.75. The SMILES string of the molecule is C=C([C@H]1CCCCO1)N1CCCCC1. The van der Waals surface area contributed by atoms with Gasteiger partial charge in [-0.05, 0) is 38.5 Å². The van der Waals surface area contributed by atoms with E-state index in [4.69, 9.17) is 4.74 Å². The van der Waals surface area contributed by atoms with Crippen molar-refractivity contribution in [3.63, 3.8) is 0 Å². The molecule has 1 atom stereocenters. The number of rotatable bonds is 2. The first-order chi connectivity index (χ1) is 6.88. The van der Waals surface area contributed by atoms with Crippen LogP contribution in [0.5, 0.6) is 0 Å². The maximum Gasteiger partial charge on any atom is 0.0965 e. The molecular formula is C12H21NO. The Labute approximate surface area is 86.9 Å². The van der Waals surface area contributed by atoms with Crippen molar-refractivity contribution in [1.29, 1.82) is 0 Å². The van der Waals surface area contributed by atoms with E-state index in [9.17, 15) is 0 Å². The second-order valence-corrected chi connectivity index (χ2v) is 4.39. The number of nitrogens with zero attached hydrogens (tertiary/aromatic N) is 1. The molecule has 0 bridgehead atoms. The molecule has 2 rings (SSSR count). The van der Waals surface area contributed by atoms with Crippen molar-refractivity contribution in [3.8, 4) is 0 Å². The highest BCUT2D eigenvalue weighted by molar-refractivity contribution is 5.03. The molecule has 80 valence electrons. The van der Waals surface area contributed by atoms with Crippen molar-refractivity contribution in [1.82, 2.24) is 4.90 Å². The molecule has 0 aromatic carbocycles. The third-order valence-corrected chi connectivity index (χ3v) is 3.31. The van der Waals surface area contributed by atoms with Crippen LogP contribution in [0.15, 0.2) is 12.3 Å². The van der Waals surface area contributed by atoms with Gasteiger partial charge in [-0.1, -0.05) is 6.58 Å². The van der Waals surface area contributed by atoms with Gasteiger partial charge in [-0.3, -0.25) is 0 Å². The van der Waals surface area contributed by atoms with Gasteiger partial charge in [0.25, 0.3) is 0 Å². The topological polar surface area (TPSA) is 12.5 Å². The Morgan fingerprint density at radius 2 is 1.86 bits per heavy atom. The van der Waals surface area contributed by atoms with Crippen LogP contribution < -0.4 is 0 Å². The summed E-state index contributed by atoms with van der Waals surface area (Å²) in [6.45, 7) is 7.52. The fourth-order valence-electron chi connectivity index (χ4n) is 2.39. The van der Waals surface area contributed by atoms with Crippen LogP contribution >= 0.6 is 0 Å². The summed E-state index contributed by atoms with van der Waals surface area (Å²) in [6.07, 6.45) is 8.06. The average molecular weight is 195 g/mol. The summed E-state index contributed by atoms with van der Waals surface area (Å²) in [7, 11) is 0. The molecule has 2 aliphatic heterocycles. The number of hydrogen-bond acceptors (Lipinski definition) is 2. The standard InChI is InChI=1S/C12H21NO/c1-11(12-7-3-6-10-14-12)13-8-4-2-5-9-13/h12H,1-10H2/t12-/m1/s1. The van der Waals surface area contributed by atoms with Crippen LogP contribution in [0, 0.1) is 0 Å². The van der Waals surface area contributed by atoms with Crippen LogP contribution in [-0.4, -0.2) is 30.7 Å². The van der Waals surface area contributed by atoms with Gasteiger partial charge in [0.05, 0.1) is 6.10 Å². The van der Waals surface area contributed by atoms with Crippen molar-refractivity contribution >= 4 is 0 Å². The Balaban J connectivity index is 1.85. The van der Waals surface area contributed by atoms with Gasteiger partial charge in [0.15, 0.2) is 0 Å². The van der Waals surface area contributed by atoms with Crippen LogP contribution in [0.1, 0.15) is 38.5 Å². The average Bonchev–Trinajstić information content (AvgIpc) is 2.30. The van der Waals surface area contributed by atoms with Gasteiger partial charge in [-0.25, -0.2) is 0 Å². The predicted octanol–water partition coefficient (Wildman–Crippen LogP) is 2.56.